The van der Waals surface area contributed by atoms with Crippen LogP contribution in [0.1, 0.15) is 60.6 Å². The number of hydrogen-bond donors (Lipinski definition) is 2. The van der Waals surface area contributed by atoms with E-state index in [1.165, 1.54) is 11.3 Å². The highest BCUT2D eigenvalue weighted by molar-refractivity contribution is 7.13. The summed E-state index contributed by atoms with van der Waals surface area (Å²) < 4.78 is 10.9. The van der Waals surface area contributed by atoms with Crippen LogP contribution in [-0.2, 0) is 22.5 Å². The third-order valence-corrected chi connectivity index (χ3v) is 5.53. The van der Waals surface area contributed by atoms with E-state index in [0.717, 1.165) is 5.69 Å². The smallest absolute Gasteiger partial charge is 0.340 e. The van der Waals surface area contributed by atoms with Crippen molar-refractivity contribution in [3.8, 4) is 10.6 Å². The first-order valence-corrected chi connectivity index (χ1v) is 10.3. The Morgan fingerprint density at radius 3 is 2.89 bits per heavy atom. The number of pyridine rings is 1. The molecule has 0 fully saturated rings. The van der Waals surface area contributed by atoms with Crippen molar-refractivity contribution in [1.82, 2.24) is 9.97 Å². The Morgan fingerprint density at radius 1 is 1.46 bits per heavy atom. The minimum Gasteiger partial charge on any atom is -0.462 e. The van der Waals surface area contributed by atoms with Crippen LogP contribution in [-0.4, -0.2) is 40.8 Å². The van der Waals surface area contributed by atoms with E-state index >= 15 is 0 Å². The molecule has 0 aliphatic heterocycles. The predicted octanol–water partition coefficient (Wildman–Crippen LogP) is 2.86. The first-order valence-electron chi connectivity index (χ1n) is 9.46. The van der Waals surface area contributed by atoms with Gasteiger partial charge in [0.25, 0.3) is 0 Å². The lowest BCUT2D eigenvalue weighted by atomic mass is 9.73. The Kier molecular flexibility index (Phi) is 6.44. The largest absolute Gasteiger partial charge is 0.462 e. The summed E-state index contributed by atoms with van der Waals surface area (Å²) in [6.45, 7) is 7.10. The van der Waals surface area contributed by atoms with Gasteiger partial charge < -0.3 is 20.3 Å². The Labute approximate surface area is 168 Å². The molecule has 1 aliphatic carbocycles. The summed E-state index contributed by atoms with van der Waals surface area (Å²) in [5, 5.41) is 13.5. The number of rotatable bonds is 7. The van der Waals surface area contributed by atoms with Gasteiger partial charge in [0.2, 0.25) is 0 Å². The average molecular weight is 406 g/mol. The number of hydrogen-bond acceptors (Lipinski definition) is 8. The maximum absolute atomic E-state index is 12.9. The highest BCUT2D eigenvalue weighted by Gasteiger charge is 2.38. The first kappa shape index (κ1) is 20.9. The number of ether oxygens (including phenoxy) is 2. The third-order valence-electron chi connectivity index (χ3n) is 4.74. The zero-order valence-corrected chi connectivity index (χ0v) is 17.3. The molecule has 1 aliphatic rings. The number of aromatic nitrogens is 2. The molecule has 0 radical (unpaired) electrons. The van der Waals surface area contributed by atoms with Gasteiger partial charge in [-0.15, -0.1) is 11.3 Å². The van der Waals surface area contributed by atoms with Crippen LogP contribution in [0.25, 0.3) is 10.6 Å². The highest BCUT2D eigenvalue weighted by atomic mass is 32.1. The van der Waals surface area contributed by atoms with Gasteiger partial charge in [-0.3, -0.25) is 4.98 Å². The second-order valence-corrected chi connectivity index (χ2v) is 8.52. The Balaban J connectivity index is 2.25. The van der Waals surface area contributed by atoms with Crippen LogP contribution in [0.5, 0.6) is 0 Å². The fourth-order valence-corrected chi connectivity index (χ4v) is 4.40. The summed E-state index contributed by atoms with van der Waals surface area (Å²) in [4.78, 5) is 22.1. The molecule has 0 bridgehead atoms. The standard InChI is InChI=1S/C20H27N3O4S/c1-4-27-19(25)16-13(11-26-7-5-21)23-12-9-20(2,3)10-14(24)15(12)17(16)18-22-6-8-28-18/h6,8,14,24H,4-5,7,9-11,21H2,1-3H3. The van der Waals surface area contributed by atoms with E-state index in [4.69, 9.17) is 20.2 Å². The zero-order valence-electron chi connectivity index (χ0n) is 16.5. The van der Waals surface area contributed by atoms with Crippen molar-refractivity contribution >= 4 is 17.3 Å². The number of thiazole rings is 1. The van der Waals surface area contributed by atoms with Gasteiger partial charge in [0.1, 0.15) is 5.01 Å². The van der Waals surface area contributed by atoms with Crippen molar-refractivity contribution in [3.05, 3.63) is 34.1 Å². The molecule has 0 aromatic carbocycles. The first-order chi connectivity index (χ1) is 13.4. The van der Waals surface area contributed by atoms with Crippen molar-refractivity contribution in [2.45, 2.75) is 46.3 Å². The van der Waals surface area contributed by atoms with Crippen molar-refractivity contribution in [1.29, 1.82) is 0 Å². The van der Waals surface area contributed by atoms with E-state index in [1.54, 1.807) is 13.1 Å². The highest BCUT2D eigenvalue weighted by Crippen LogP contribution is 2.46. The SMILES string of the molecule is CCOC(=O)c1c(COCCN)nc2c(c1-c1nccs1)C(O)CC(C)(C)C2. The molecule has 8 heteroatoms. The molecule has 3 N–H and O–H groups in total. The summed E-state index contributed by atoms with van der Waals surface area (Å²) in [5.74, 6) is -0.480. The molecule has 152 valence electrons. The Morgan fingerprint density at radius 2 is 2.25 bits per heavy atom. The van der Waals surface area contributed by atoms with Crippen LogP contribution in [0.4, 0.5) is 0 Å². The quantitative estimate of drug-likeness (QED) is 0.539. The maximum atomic E-state index is 12.9. The van der Waals surface area contributed by atoms with E-state index in [1.807, 2.05) is 5.38 Å². The van der Waals surface area contributed by atoms with Gasteiger partial charge in [-0.2, -0.15) is 0 Å². The van der Waals surface area contributed by atoms with E-state index in [0.29, 0.717) is 53.4 Å². The third kappa shape index (κ3) is 4.25. The van der Waals surface area contributed by atoms with E-state index < -0.39 is 12.1 Å². The summed E-state index contributed by atoms with van der Waals surface area (Å²) >= 11 is 1.42. The summed E-state index contributed by atoms with van der Waals surface area (Å²) in [6.07, 6.45) is 2.25. The number of esters is 1. The van der Waals surface area contributed by atoms with Crippen LogP contribution >= 0.6 is 11.3 Å². The molecule has 0 amide bonds. The van der Waals surface area contributed by atoms with Gasteiger partial charge in [0.05, 0.1) is 37.2 Å². The van der Waals surface area contributed by atoms with E-state index in [2.05, 4.69) is 18.8 Å². The van der Waals surface area contributed by atoms with Crippen LogP contribution in [0.3, 0.4) is 0 Å². The number of aliphatic hydroxyl groups is 1. The maximum Gasteiger partial charge on any atom is 0.340 e. The second-order valence-electron chi connectivity index (χ2n) is 7.63. The second kappa shape index (κ2) is 8.65. The van der Waals surface area contributed by atoms with Gasteiger partial charge in [-0.1, -0.05) is 13.8 Å². The molecule has 0 saturated heterocycles. The Hall–Kier alpha value is -1.87. The van der Waals surface area contributed by atoms with E-state index in [9.17, 15) is 9.90 Å². The molecular weight excluding hydrogens is 378 g/mol. The predicted molar refractivity (Wildman–Crippen MR) is 107 cm³/mol. The van der Waals surface area contributed by atoms with Crippen molar-refractivity contribution in [3.63, 3.8) is 0 Å². The molecule has 3 rings (SSSR count). The average Bonchev–Trinajstić information content (AvgIpc) is 3.14. The summed E-state index contributed by atoms with van der Waals surface area (Å²) in [7, 11) is 0. The lowest BCUT2D eigenvalue weighted by Gasteiger charge is -2.35. The lowest BCUT2D eigenvalue weighted by molar-refractivity contribution is 0.0517. The van der Waals surface area contributed by atoms with Gasteiger partial charge in [0.15, 0.2) is 0 Å². The molecular formula is C20H27N3O4S. The molecule has 2 aromatic heterocycles. The van der Waals surface area contributed by atoms with Crippen molar-refractivity contribution in [2.75, 3.05) is 19.8 Å². The van der Waals surface area contributed by atoms with Gasteiger partial charge in [-0.25, -0.2) is 9.78 Å². The van der Waals surface area contributed by atoms with Crippen LogP contribution < -0.4 is 5.73 Å². The minimum absolute atomic E-state index is 0.0968. The summed E-state index contributed by atoms with van der Waals surface area (Å²) in [6, 6.07) is 0. The summed E-state index contributed by atoms with van der Waals surface area (Å²) in [5.41, 5.74) is 8.34. The molecule has 0 saturated carbocycles. The zero-order chi connectivity index (χ0) is 20.3. The number of nitrogens with zero attached hydrogens (tertiary/aromatic N) is 2. The Bertz CT molecular complexity index is 836. The van der Waals surface area contributed by atoms with E-state index in [-0.39, 0.29) is 18.6 Å². The number of nitrogens with two attached hydrogens (primary N) is 1. The number of aliphatic hydroxyl groups excluding tert-OH is 1. The van der Waals surface area contributed by atoms with Gasteiger partial charge in [-0.05, 0) is 25.2 Å². The van der Waals surface area contributed by atoms with Gasteiger partial charge >= 0.3 is 5.97 Å². The van der Waals surface area contributed by atoms with Crippen LogP contribution in [0.15, 0.2) is 11.6 Å². The molecule has 1 atom stereocenters. The minimum atomic E-state index is -0.725. The number of carbonyl (C=O) groups is 1. The lowest BCUT2D eigenvalue weighted by Crippen LogP contribution is -2.29. The van der Waals surface area contributed by atoms with Gasteiger partial charge in [0, 0.05) is 34.9 Å². The molecule has 7 nitrogen and oxygen atoms in total. The number of fused-ring (bicyclic) bond motifs is 1. The molecule has 0 spiro atoms. The molecule has 2 aromatic rings. The fraction of sp³-hybridized carbons (Fsp3) is 0.550. The molecule has 2 heterocycles. The fourth-order valence-electron chi connectivity index (χ4n) is 3.70. The van der Waals surface area contributed by atoms with Crippen LogP contribution in [0, 0.1) is 5.41 Å². The van der Waals surface area contributed by atoms with Crippen molar-refractivity contribution < 1.29 is 19.4 Å². The van der Waals surface area contributed by atoms with Crippen molar-refractivity contribution in [2.24, 2.45) is 11.1 Å². The molecule has 1 unspecified atom stereocenters. The topological polar surface area (TPSA) is 108 Å². The monoisotopic (exact) mass is 405 g/mol. The molecule has 28 heavy (non-hydrogen) atoms. The normalized spacial score (nSPS) is 18.0. The number of carbonyl (C=O) groups excluding carboxylic acids is 1. The van der Waals surface area contributed by atoms with Crippen LogP contribution in [0.2, 0.25) is 0 Å².